The number of ether oxygens (including phenoxy) is 2. The summed E-state index contributed by atoms with van der Waals surface area (Å²) in [6.45, 7) is 8.63. The summed E-state index contributed by atoms with van der Waals surface area (Å²) >= 11 is 14.9. The summed E-state index contributed by atoms with van der Waals surface area (Å²) < 4.78 is 15.2. The van der Waals surface area contributed by atoms with Crippen LogP contribution in [0.3, 0.4) is 0 Å². The molecule has 5 rings (SSSR count). The Balaban J connectivity index is 1.60. The molecule has 0 saturated heterocycles. The molecule has 0 fully saturated rings. The first kappa shape index (κ1) is 33.4. The van der Waals surface area contributed by atoms with Gasteiger partial charge in [0.05, 0.1) is 37.4 Å². The maximum Gasteiger partial charge on any atom is 0.338 e. The highest BCUT2D eigenvalue weighted by Gasteiger charge is 2.34. The molecule has 4 aromatic rings. The number of fused-ring (bicyclic) bond motifs is 1. The molecule has 0 unspecified atom stereocenters. The van der Waals surface area contributed by atoms with Crippen LogP contribution in [0.2, 0.25) is 5.02 Å². The van der Waals surface area contributed by atoms with Crippen molar-refractivity contribution >= 4 is 66.8 Å². The Morgan fingerprint density at radius 2 is 1.78 bits per heavy atom. The lowest BCUT2D eigenvalue weighted by Gasteiger charge is -2.26. The third-order valence-corrected chi connectivity index (χ3v) is 9.99. The van der Waals surface area contributed by atoms with Gasteiger partial charge in [0.25, 0.3) is 5.56 Å². The molecule has 0 aliphatic carbocycles. The van der Waals surface area contributed by atoms with E-state index in [1.807, 2.05) is 61.5 Å². The highest BCUT2D eigenvalue weighted by atomic mass is 79.9. The number of esters is 1. The number of thiazole rings is 1. The Kier molecular flexibility index (Phi) is 10.9. The molecule has 1 aromatic heterocycles. The van der Waals surface area contributed by atoms with Crippen LogP contribution in [0.25, 0.3) is 6.08 Å². The fourth-order valence-electron chi connectivity index (χ4n) is 5.22. The van der Waals surface area contributed by atoms with Gasteiger partial charge in [0.1, 0.15) is 12.4 Å². The van der Waals surface area contributed by atoms with Gasteiger partial charge in [-0.1, -0.05) is 92.6 Å². The van der Waals surface area contributed by atoms with Crippen LogP contribution in [0.15, 0.2) is 90.7 Å². The molecule has 10 heteroatoms. The largest absolute Gasteiger partial charge is 0.486 e. The van der Waals surface area contributed by atoms with Crippen molar-refractivity contribution < 1.29 is 14.3 Å². The second-order valence-corrected chi connectivity index (χ2v) is 14.1. The van der Waals surface area contributed by atoms with E-state index < -0.39 is 12.0 Å². The van der Waals surface area contributed by atoms with E-state index in [4.69, 9.17) is 26.1 Å². The molecule has 0 radical (unpaired) electrons. The first-order chi connectivity index (χ1) is 21.6. The van der Waals surface area contributed by atoms with Gasteiger partial charge >= 0.3 is 5.97 Å². The lowest BCUT2D eigenvalue weighted by atomic mass is 9.92. The maximum atomic E-state index is 14.1. The number of benzene rings is 3. The number of carbonyl (C=O) groups excluding carboxylic acids is 1. The summed E-state index contributed by atoms with van der Waals surface area (Å²) in [4.78, 5) is 33.0. The van der Waals surface area contributed by atoms with Crippen molar-refractivity contribution in [2.75, 3.05) is 6.61 Å². The first-order valence-corrected chi connectivity index (χ1v) is 17.6. The zero-order chi connectivity index (χ0) is 32.2. The molecule has 1 aliphatic rings. The van der Waals surface area contributed by atoms with Crippen LogP contribution >= 0.6 is 54.8 Å². The molecule has 3 aromatic carbocycles. The van der Waals surface area contributed by atoms with Crippen LogP contribution < -0.4 is 19.6 Å². The van der Waals surface area contributed by atoms with Gasteiger partial charge in [-0.2, -0.15) is 0 Å². The monoisotopic (exact) mass is 770 g/mol. The van der Waals surface area contributed by atoms with Crippen LogP contribution in [0.4, 0.5) is 0 Å². The molecule has 0 spiro atoms. The number of carbonyl (C=O) groups is 1. The number of aromatic nitrogens is 1. The minimum absolute atomic E-state index is 0.222. The van der Waals surface area contributed by atoms with E-state index in [2.05, 4.69) is 57.8 Å². The zero-order valence-electron chi connectivity index (χ0n) is 25.4. The standard InChI is InChI=1S/C35H33Br2ClN2O4S/c1-5-9-28-30(34(42)43-6-2)31(23-14-12-22(13-15-23)20(3)4)40-33(41)29(45-35(40)39-28)18-21-16-25(36)32(26(37)17-21)44-19-24-10-7-8-11-27(24)38/h7-8,10-18,20,31H,5-6,9,19H2,1-4H3/b29-18-/t31-/m0/s1. The summed E-state index contributed by atoms with van der Waals surface area (Å²) in [5.41, 5.74) is 4.54. The van der Waals surface area contributed by atoms with E-state index in [1.165, 1.54) is 16.9 Å². The van der Waals surface area contributed by atoms with Gasteiger partial charge in [0.15, 0.2) is 4.80 Å². The van der Waals surface area contributed by atoms with Crippen LogP contribution in [0, 0.1) is 0 Å². The molecule has 0 saturated carbocycles. The third kappa shape index (κ3) is 7.22. The van der Waals surface area contributed by atoms with Crippen molar-refractivity contribution in [3.8, 4) is 5.75 Å². The smallest absolute Gasteiger partial charge is 0.338 e. The van der Waals surface area contributed by atoms with Gasteiger partial charge in [-0.3, -0.25) is 9.36 Å². The van der Waals surface area contributed by atoms with Gasteiger partial charge < -0.3 is 9.47 Å². The molecule has 45 heavy (non-hydrogen) atoms. The number of rotatable bonds is 10. The number of hydrogen-bond acceptors (Lipinski definition) is 6. The minimum Gasteiger partial charge on any atom is -0.486 e. The van der Waals surface area contributed by atoms with E-state index in [0.717, 1.165) is 32.1 Å². The van der Waals surface area contributed by atoms with E-state index in [1.54, 1.807) is 11.5 Å². The Bertz CT molecular complexity index is 1920. The quantitative estimate of drug-likeness (QED) is 0.152. The summed E-state index contributed by atoms with van der Waals surface area (Å²) in [6.07, 6.45) is 3.22. The van der Waals surface area contributed by atoms with E-state index in [9.17, 15) is 9.59 Å². The second-order valence-electron chi connectivity index (χ2n) is 10.9. The average molecular weight is 773 g/mol. The summed E-state index contributed by atoms with van der Waals surface area (Å²) in [5, 5.41) is 0.638. The lowest BCUT2D eigenvalue weighted by molar-refractivity contribution is -0.139. The average Bonchev–Trinajstić information content (AvgIpc) is 3.31. The highest BCUT2D eigenvalue weighted by molar-refractivity contribution is 9.11. The zero-order valence-corrected chi connectivity index (χ0v) is 30.1. The van der Waals surface area contributed by atoms with Gasteiger partial charge in [-0.25, -0.2) is 9.79 Å². The molecule has 6 nitrogen and oxygen atoms in total. The molecule has 1 aliphatic heterocycles. The van der Waals surface area contributed by atoms with Gasteiger partial charge in [0.2, 0.25) is 0 Å². The summed E-state index contributed by atoms with van der Waals surface area (Å²) in [7, 11) is 0. The molecule has 1 atom stereocenters. The van der Waals surface area contributed by atoms with Crippen molar-refractivity contribution in [1.29, 1.82) is 0 Å². The minimum atomic E-state index is -0.649. The topological polar surface area (TPSA) is 69.9 Å². The molecule has 234 valence electrons. The normalized spacial score (nSPS) is 14.8. The van der Waals surface area contributed by atoms with Gasteiger partial charge in [-0.15, -0.1) is 0 Å². The molecular weight excluding hydrogens is 740 g/mol. The maximum absolute atomic E-state index is 14.1. The molecular formula is C35H33Br2ClN2O4S. The van der Waals surface area contributed by atoms with Gasteiger partial charge in [-0.05, 0) is 92.1 Å². The number of halogens is 3. The van der Waals surface area contributed by atoms with Crippen molar-refractivity contribution in [2.24, 2.45) is 4.99 Å². The molecule has 0 amide bonds. The van der Waals surface area contributed by atoms with Crippen molar-refractivity contribution in [3.05, 3.63) is 128 Å². The van der Waals surface area contributed by atoms with Crippen molar-refractivity contribution in [3.63, 3.8) is 0 Å². The Morgan fingerprint density at radius 1 is 1.09 bits per heavy atom. The van der Waals surface area contributed by atoms with Crippen molar-refractivity contribution in [2.45, 2.75) is 59.1 Å². The van der Waals surface area contributed by atoms with Crippen molar-refractivity contribution in [1.82, 2.24) is 4.57 Å². The highest BCUT2D eigenvalue weighted by Crippen LogP contribution is 2.36. The number of allylic oxidation sites excluding steroid dienone is 1. The third-order valence-electron chi connectivity index (χ3n) is 7.46. The first-order valence-electron chi connectivity index (χ1n) is 14.8. The predicted molar refractivity (Wildman–Crippen MR) is 188 cm³/mol. The fraction of sp³-hybridized carbons (Fsp3) is 0.286. The fourth-order valence-corrected chi connectivity index (χ4v) is 7.88. The second kappa shape index (κ2) is 14.6. The number of hydrogen-bond donors (Lipinski definition) is 0. The Labute approximate surface area is 288 Å². The Hall–Kier alpha value is -2.98. The predicted octanol–water partition coefficient (Wildman–Crippen LogP) is 8.46. The van der Waals surface area contributed by atoms with Crippen LogP contribution in [0.1, 0.15) is 74.8 Å². The Morgan fingerprint density at radius 3 is 2.40 bits per heavy atom. The lowest BCUT2D eigenvalue weighted by Crippen LogP contribution is -2.40. The van der Waals surface area contributed by atoms with E-state index in [-0.39, 0.29) is 12.2 Å². The summed E-state index contributed by atoms with van der Waals surface area (Å²) in [5.74, 6) is 0.530. The van der Waals surface area contributed by atoms with E-state index in [0.29, 0.717) is 50.3 Å². The van der Waals surface area contributed by atoms with Crippen LogP contribution in [-0.2, 0) is 16.1 Å². The SMILES string of the molecule is CCCC1=C(C(=O)OCC)[C@H](c2ccc(C(C)C)cc2)n2c(s/c(=C\c3cc(Br)c(OCc4ccccc4Cl)c(Br)c3)c2=O)=N1. The van der Waals surface area contributed by atoms with Crippen LogP contribution in [0.5, 0.6) is 5.75 Å². The number of nitrogens with zero attached hydrogens (tertiary/aromatic N) is 2. The van der Waals surface area contributed by atoms with E-state index >= 15 is 0 Å². The molecule has 0 bridgehead atoms. The van der Waals surface area contributed by atoms with Crippen LogP contribution in [-0.4, -0.2) is 17.1 Å². The molecule has 0 N–H and O–H groups in total. The summed E-state index contributed by atoms with van der Waals surface area (Å²) in [6, 6.07) is 18.8. The van der Waals surface area contributed by atoms with Gasteiger partial charge in [0, 0.05) is 10.6 Å². The molecule has 2 heterocycles.